The van der Waals surface area contributed by atoms with Gasteiger partial charge in [0.05, 0.1) is 12.1 Å². The molecule has 0 aliphatic carbocycles. The van der Waals surface area contributed by atoms with Crippen LogP contribution in [0.1, 0.15) is 17.4 Å². The van der Waals surface area contributed by atoms with Gasteiger partial charge in [0, 0.05) is 15.9 Å². The maximum Gasteiger partial charge on any atom is 0.0652 e. The molecule has 1 aromatic carbocycles. The lowest BCUT2D eigenvalue weighted by Gasteiger charge is -2.29. The number of aliphatic hydroxyl groups excluding tert-OH is 1. The van der Waals surface area contributed by atoms with Crippen LogP contribution in [0.15, 0.2) is 46.3 Å². The second-order valence-corrected chi connectivity index (χ2v) is 6.38. The predicted octanol–water partition coefficient (Wildman–Crippen LogP) is 3.51. The van der Waals surface area contributed by atoms with E-state index in [-0.39, 0.29) is 6.61 Å². The minimum Gasteiger partial charge on any atom is -0.394 e. The normalized spacial score (nSPS) is 14.4. The standard InChI is InChI=1S/C14H16BrNOS/c1-14(10-17,11-4-6-12(15)7-5-11)16-9-13-3-2-8-18-13/h2-8,16-17H,9-10H2,1H3. The third kappa shape index (κ3) is 3.20. The van der Waals surface area contributed by atoms with Crippen molar-refractivity contribution in [3.8, 4) is 0 Å². The molecule has 1 heterocycles. The third-order valence-corrected chi connectivity index (χ3v) is 4.44. The number of thiophene rings is 1. The summed E-state index contributed by atoms with van der Waals surface area (Å²) in [7, 11) is 0. The summed E-state index contributed by atoms with van der Waals surface area (Å²) >= 11 is 5.14. The molecule has 0 aliphatic heterocycles. The molecule has 0 spiro atoms. The molecule has 1 unspecified atom stereocenters. The first-order valence-electron chi connectivity index (χ1n) is 5.78. The molecule has 4 heteroatoms. The van der Waals surface area contributed by atoms with Crippen LogP contribution in [0, 0.1) is 0 Å². The molecule has 0 radical (unpaired) electrons. The summed E-state index contributed by atoms with van der Waals surface area (Å²) in [5.74, 6) is 0. The van der Waals surface area contributed by atoms with E-state index in [1.54, 1.807) is 11.3 Å². The number of halogens is 1. The Morgan fingerprint density at radius 2 is 2.00 bits per heavy atom. The summed E-state index contributed by atoms with van der Waals surface area (Å²) in [6.45, 7) is 2.86. The van der Waals surface area contributed by atoms with Gasteiger partial charge in [0.2, 0.25) is 0 Å². The van der Waals surface area contributed by atoms with Gasteiger partial charge in [0.15, 0.2) is 0 Å². The van der Waals surface area contributed by atoms with Crippen LogP contribution in [-0.4, -0.2) is 11.7 Å². The summed E-state index contributed by atoms with van der Waals surface area (Å²) in [6.07, 6.45) is 0. The van der Waals surface area contributed by atoms with E-state index < -0.39 is 5.54 Å². The van der Waals surface area contributed by atoms with Crippen molar-refractivity contribution in [3.63, 3.8) is 0 Å². The van der Waals surface area contributed by atoms with Gasteiger partial charge in [-0.25, -0.2) is 0 Å². The molecule has 0 saturated carbocycles. The monoisotopic (exact) mass is 325 g/mol. The van der Waals surface area contributed by atoms with Crippen LogP contribution < -0.4 is 5.32 Å². The minimum absolute atomic E-state index is 0.0695. The first-order chi connectivity index (χ1) is 8.64. The molecule has 2 nitrogen and oxygen atoms in total. The van der Waals surface area contributed by atoms with Crippen molar-refractivity contribution >= 4 is 27.3 Å². The molecule has 0 aliphatic rings. The summed E-state index contributed by atoms with van der Waals surface area (Å²) in [6, 6.07) is 12.2. The Bertz CT molecular complexity index is 483. The number of nitrogens with one attached hydrogen (secondary N) is 1. The van der Waals surface area contributed by atoms with E-state index >= 15 is 0 Å². The lowest BCUT2D eigenvalue weighted by molar-refractivity contribution is 0.174. The number of hydrogen-bond acceptors (Lipinski definition) is 3. The van der Waals surface area contributed by atoms with Gasteiger partial charge in [-0.3, -0.25) is 0 Å². The van der Waals surface area contributed by atoms with E-state index in [0.29, 0.717) is 0 Å². The lowest BCUT2D eigenvalue weighted by atomic mass is 9.93. The fourth-order valence-electron chi connectivity index (χ4n) is 1.76. The van der Waals surface area contributed by atoms with Crippen molar-refractivity contribution in [2.24, 2.45) is 0 Å². The van der Waals surface area contributed by atoms with Crippen molar-refractivity contribution in [2.45, 2.75) is 19.0 Å². The molecule has 2 N–H and O–H groups in total. The molecule has 0 amide bonds. The number of benzene rings is 1. The highest BCUT2D eigenvalue weighted by molar-refractivity contribution is 9.10. The largest absolute Gasteiger partial charge is 0.394 e. The van der Waals surface area contributed by atoms with Crippen LogP contribution in [-0.2, 0) is 12.1 Å². The fraction of sp³-hybridized carbons (Fsp3) is 0.286. The topological polar surface area (TPSA) is 32.3 Å². The van der Waals surface area contributed by atoms with Gasteiger partial charge in [-0.2, -0.15) is 0 Å². The van der Waals surface area contributed by atoms with Gasteiger partial charge in [-0.05, 0) is 36.1 Å². The first kappa shape index (κ1) is 13.7. The highest BCUT2D eigenvalue weighted by atomic mass is 79.9. The van der Waals surface area contributed by atoms with Gasteiger partial charge >= 0.3 is 0 Å². The molecule has 1 atom stereocenters. The molecule has 1 aromatic heterocycles. The second-order valence-electron chi connectivity index (χ2n) is 4.43. The third-order valence-electron chi connectivity index (χ3n) is 3.03. The van der Waals surface area contributed by atoms with E-state index in [9.17, 15) is 5.11 Å². The summed E-state index contributed by atoms with van der Waals surface area (Å²) in [5, 5.41) is 15.2. The molecule has 0 fully saturated rings. The van der Waals surface area contributed by atoms with Crippen molar-refractivity contribution in [1.82, 2.24) is 5.32 Å². The SMILES string of the molecule is CC(CO)(NCc1cccs1)c1ccc(Br)cc1. The van der Waals surface area contributed by atoms with Crippen molar-refractivity contribution in [2.75, 3.05) is 6.61 Å². The molecule has 0 saturated heterocycles. The van der Waals surface area contributed by atoms with Crippen LogP contribution in [0.4, 0.5) is 0 Å². The van der Waals surface area contributed by atoms with Crippen LogP contribution in [0.5, 0.6) is 0 Å². The molecule has 2 aromatic rings. The average molecular weight is 326 g/mol. The first-order valence-corrected chi connectivity index (χ1v) is 7.46. The van der Waals surface area contributed by atoms with Gasteiger partial charge in [0.25, 0.3) is 0 Å². The van der Waals surface area contributed by atoms with E-state index in [2.05, 4.69) is 32.7 Å². The van der Waals surface area contributed by atoms with Crippen molar-refractivity contribution in [3.05, 3.63) is 56.7 Å². The highest BCUT2D eigenvalue weighted by Crippen LogP contribution is 2.23. The van der Waals surface area contributed by atoms with Crippen LogP contribution >= 0.6 is 27.3 Å². The van der Waals surface area contributed by atoms with Crippen LogP contribution in [0.2, 0.25) is 0 Å². The van der Waals surface area contributed by atoms with E-state index in [0.717, 1.165) is 16.6 Å². The average Bonchev–Trinajstić information content (AvgIpc) is 2.90. The quantitative estimate of drug-likeness (QED) is 0.881. The Hall–Kier alpha value is -0.680. The zero-order valence-corrected chi connectivity index (χ0v) is 12.6. The number of hydrogen-bond donors (Lipinski definition) is 2. The van der Waals surface area contributed by atoms with Crippen molar-refractivity contribution < 1.29 is 5.11 Å². The Morgan fingerprint density at radius 3 is 2.56 bits per heavy atom. The zero-order chi connectivity index (χ0) is 13.0. The molecule has 2 rings (SSSR count). The number of rotatable bonds is 5. The summed E-state index contributed by atoms with van der Waals surface area (Å²) in [5.41, 5.74) is 0.676. The molecular formula is C14H16BrNOS. The smallest absolute Gasteiger partial charge is 0.0652 e. The highest BCUT2D eigenvalue weighted by Gasteiger charge is 2.24. The van der Waals surface area contributed by atoms with Gasteiger partial charge < -0.3 is 10.4 Å². The van der Waals surface area contributed by atoms with Gasteiger partial charge in [0.1, 0.15) is 0 Å². The lowest BCUT2D eigenvalue weighted by Crippen LogP contribution is -2.42. The Kier molecular flexibility index (Phi) is 4.56. The second kappa shape index (κ2) is 5.97. The van der Waals surface area contributed by atoms with Gasteiger partial charge in [-0.1, -0.05) is 34.1 Å². The Balaban J connectivity index is 2.12. The van der Waals surface area contributed by atoms with E-state index in [1.807, 2.05) is 37.3 Å². The number of aliphatic hydroxyl groups is 1. The molecule has 18 heavy (non-hydrogen) atoms. The van der Waals surface area contributed by atoms with Crippen LogP contribution in [0.3, 0.4) is 0 Å². The van der Waals surface area contributed by atoms with Gasteiger partial charge in [-0.15, -0.1) is 11.3 Å². The molecule has 96 valence electrons. The summed E-state index contributed by atoms with van der Waals surface area (Å²) in [4.78, 5) is 1.27. The van der Waals surface area contributed by atoms with E-state index in [1.165, 1.54) is 4.88 Å². The summed E-state index contributed by atoms with van der Waals surface area (Å²) < 4.78 is 1.05. The molecule has 0 bridgehead atoms. The van der Waals surface area contributed by atoms with Crippen molar-refractivity contribution in [1.29, 1.82) is 0 Å². The molecular weight excluding hydrogens is 310 g/mol. The Labute approximate surface area is 120 Å². The maximum atomic E-state index is 9.67. The Morgan fingerprint density at radius 1 is 1.28 bits per heavy atom. The zero-order valence-electron chi connectivity index (χ0n) is 10.2. The maximum absolute atomic E-state index is 9.67. The fourth-order valence-corrected chi connectivity index (χ4v) is 2.67. The minimum atomic E-state index is -0.412. The predicted molar refractivity (Wildman–Crippen MR) is 79.7 cm³/mol. The van der Waals surface area contributed by atoms with Crippen LogP contribution in [0.25, 0.3) is 0 Å². The van der Waals surface area contributed by atoms with E-state index in [4.69, 9.17) is 0 Å².